The highest BCUT2D eigenvalue weighted by Gasteiger charge is 2.50. The Balaban J connectivity index is 0.795. The third kappa shape index (κ3) is 11.0. The minimum atomic E-state index is -0.905. The number of carbonyl (C=O) groups is 2. The molecule has 5 fully saturated rings. The Bertz CT molecular complexity index is 3440. The third-order valence-corrected chi connectivity index (χ3v) is 18.3. The van der Waals surface area contributed by atoms with Crippen LogP contribution in [0.5, 0.6) is 11.8 Å². The van der Waals surface area contributed by atoms with Crippen LogP contribution in [0.25, 0.3) is 43.4 Å². The molecular weight excluding hydrogens is 1050 g/mol. The number of piperazine rings is 1. The van der Waals surface area contributed by atoms with Crippen LogP contribution in [0.3, 0.4) is 0 Å². The van der Waals surface area contributed by atoms with Gasteiger partial charge in [-0.1, -0.05) is 57.0 Å². The Morgan fingerprint density at radius 1 is 1.01 bits per heavy atom. The highest BCUT2D eigenvalue weighted by molar-refractivity contribution is 7.13. The number of hydrogen-bond acceptors (Lipinski definition) is 16. The molecule has 17 nitrogen and oxygen atoms in total. The number of likely N-dealkylation sites (tertiary alicyclic amines) is 3. The molecule has 5 aliphatic rings. The smallest absolute Gasteiger partial charge is 0.319 e. The largest absolute Gasteiger partial charge is 0.508 e. The molecule has 0 radical (unpaired) electrons. The summed E-state index contributed by atoms with van der Waals surface area (Å²) in [4.78, 5) is 56.5. The van der Waals surface area contributed by atoms with Crippen molar-refractivity contribution >= 4 is 50.6 Å². The number of phenols is 1. The molecule has 81 heavy (non-hydrogen) atoms. The van der Waals surface area contributed by atoms with Gasteiger partial charge in [0.05, 0.1) is 63.2 Å². The zero-order chi connectivity index (χ0) is 57.0. The summed E-state index contributed by atoms with van der Waals surface area (Å²) in [7, 11) is 0. The number of halogens is 2. The van der Waals surface area contributed by atoms with Crippen molar-refractivity contribution in [1.82, 2.24) is 45.3 Å². The molecule has 3 unspecified atom stereocenters. The summed E-state index contributed by atoms with van der Waals surface area (Å²) in [6.45, 7) is 12.2. The number of aryl methyl sites for hydroxylation is 1. The fraction of sp³-hybridized carbons (Fsp3) is 0.492. The van der Waals surface area contributed by atoms with E-state index in [1.807, 2.05) is 69.3 Å². The molecule has 424 valence electrons. The van der Waals surface area contributed by atoms with Crippen LogP contribution >= 0.6 is 11.3 Å². The quantitative estimate of drug-likeness (QED) is 0.0626. The fourth-order valence-electron chi connectivity index (χ4n) is 13.4. The van der Waals surface area contributed by atoms with E-state index >= 15 is 13.6 Å². The zero-order valence-electron chi connectivity index (χ0n) is 46.3. The van der Waals surface area contributed by atoms with Gasteiger partial charge in [0.2, 0.25) is 11.8 Å². The zero-order valence-corrected chi connectivity index (χ0v) is 47.1. The second-order valence-corrected chi connectivity index (χ2v) is 24.6. The first-order valence-electron chi connectivity index (χ1n) is 28.2. The van der Waals surface area contributed by atoms with Crippen LogP contribution in [0, 0.1) is 53.6 Å². The number of aromatic hydroxyl groups is 1. The second kappa shape index (κ2) is 22.8. The molecule has 6 aromatic rings. The van der Waals surface area contributed by atoms with E-state index in [2.05, 4.69) is 47.4 Å². The summed E-state index contributed by atoms with van der Waals surface area (Å²) in [5.74, 6) is 0.104. The molecule has 5 aliphatic heterocycles. The van der Waals surface area contributed by atoms with Crippen LogP contribution in [0.4, 0.5) is 14.6 Å². The Labute approximate surface area is 474 Å². The summed E-state index contributed by atoms with van der Waals surface area (Å²) >= 11 is 1.57. The van der Waals surface area contributed by atoms with Crippen molar-refractivity contribution in [2.24, 2.45) is 11.3 Å². The molecule has 0 saturated carbocycles. The van der Waals surface area contributed by atoms with E-state index in [0.717, 1.165) is 34.5 Å². The Morgan fingerprint density at radius 2 is 1.78 bits per heavy atom. The molecule has 3 aromatic carbocycles. The number of hydrogen-bond donors (Lipinski definition) is 5. The molecular formula is C61H69F2N11O6S. The Kier molecular flexibility index (Phi) is 15.8. The van der Waals surface area contributed by atoms with Gasteiger partial charge in [0.25, 0.3) is 0 Å². The van der Waals surface area contributed by atoms with E-state index in [1.165, 1.54) is 35.4 Å². The number of aliphatic hydroxyl groups is 2. The third-order valence-electron chi connectivity index (χ3n) is 17.3. The Morgan fingerprint density at radius 3 is 2.48 bits per heavy atom. The maximum Gasteiger partial charge on any atom is 0.319 e. The first-order valence-corrected chi connectivity index (χ1v) is 29.1. The van der Waals surface area contributed by atoms with Gasteiger partial charge in [-0.05, 0) is 112 Å². The molecule has 11 rings (SSSR count). The maximum atomic E-state index is 17.3. The van der Waals surface area contributed by atoms with Crippen molar-refractivity contribution < 1.29 is 38.4 Å². The molecule has 5 N–H and O–H groups in total. The van der Waals surface area contributed by atoms with E-state index in [-0.39, 0.29) is 107 Å². The molecule has 3 aromatic heterocycles. The lowest BCUT2D eigenvalue weighted by molar-refractivity contribution is -0.152. The maximum absolute atomic E-state index is 17.3. The van der Waals surface area contributed by atoms with Crippen molar-refractivity contribution in [3.05, 3.63) is 88.7 Å². The summed E-state index contributed by atoms with van der Waals surface area (Å²) < 4.78 is 39.0. The molecule has 0 spiro atoms. The molecule has 2 bridgehead atoms. The number of aromatic nitrogens is 4. The van der Waals surface area contributed by atoms with Gasteiger partial charge in [0, 0.05) is 61.3 Å². The standard InChI is InChI=1S/C61H69F2N11O6S/c1-7-44-47(62)18-14-37-23-42(75)24-45(51(37)44)53-52(63)54-46(27-65-53)57(72-28-39-15-16-40(29-72)68-39)70-60(69-54)80-31-49-38(26-64)20-22-71(49)21-8-9-41-17-19-50(77)74(41)56(61(4,5)6)59(79)73-30-43(76)25-48(73)58(78)67-33(2)35-10-12-36(13-11-35)55-34(3)66-32-81-55/h1,10-14,18,23-24,27,32-33,38-41,43,48-50,56,68,75-77H,8-9,15-17,19-22,25,28-31H2,2-6H3,(H,67,78)/t33-,38+,39?,40?,41-,43+,48-,49+,50?,56+/m0/s1. The lowest BCUT2D eigenvalue weighted by atomic mass is 9.83. The molecule has 5 saturated heterocycles. The lowest BCUT2D eigenvalue weighted by Crippen LogP contribution is -2.60. The molecule has 2 amide bonds. The van der Waals surface area contributed by atoms with Crippen LogP contribution < -0.4 is 20.3 Å². The number of nitriles is 1. The number of pyridine rings is 1. The average molecular weight is 1120 g/mol. The van der Waals surface area contributed by atoms with Crippen molar-refractivity contribution in [3.8, 4) is 51.9 Å². The van der Waals surface area contributed by atoms with Gasteiger partial charge in [-0.25, -0.2) is 13.8 Å². The highest BCUT2D eigenvalue weighted by Crippen LogP contribution is 2.42. The van der Waals surface area contributed by atoms with E-state index in [9.17, 15) is 25.4 Å². The SMILES string of the molecule is C#Cc1c(F)ccc2cc(O)cc(-c3ncc4c(N5CC6CCC(C5)N6)nc(OC[C@@H]5[C@@H](C#N)CCN5CCC[C@H]5CCC(O)N5[C@H](C(=O)N5C[C@H](O)C[C@H]5C(=O)N[C@@H](C)c5ccc(-c6scnc6C)cc5)C(C)(C)C)nc4c3F)c12. The number of terminal acetylenes is 1. The van der Waals surface area contributed by atoms with Gasteiger partial charge in [-0.2, -0.15) is 15.2 Å². The molecule has 10 atom stereocenters. The highest BCUT2D eigenvalue weighted by atomic mass is 32.1. The van der Waals surface area contributed by atoms with E-state index < -0.39 is 41.5 Å². The summed E-state index contributed by atoms with van der Waals surface area (Å²) in [5, 5.41) is 51.7. The Hall–Kier alpha value is -6.91. The second-order valence-electron chi connectivity index (χ2n) is 23.7. The average Bonchev–Trinajstić information content (AvgIpc) is 4.39. The first kappa shape index (κ1) is 56.0. The number of amides is 2. The van der Waals surface area contributed by atoms with Gasteiger partial charge in [-0.3, -0.25) is 24.4 Å². The number of aliphatic hydroxyl groups excluding tert-OH is 2. The number of carbonyl (C=O) groups excluding carboxylic acids is 2. The predicted molar refractivity (Wildman–Crippen MR) is 305 cm³/mol. The predicted octanol–water partition coefficient (Wildman–Crippen LogP) is 7.59. The minimum absolute atomic E-state index is 0.00397. The van der Waals surface area contributed by atoms with Crippen LogP contribution in [-0.4, -0.2) is 150 Å². The van der Waals surface area contributed by atoms with Crippen LogP contribution in [0.15, 0.2) is 60.2 Å². The van der Waals surface area contributed by atoms with E-state index in [1.54, 1.807) is 11.3 Å². The molecule has 0 aliphatic carbocycles. The number of β-amino-alcohol motifs (C(OH)–C–C–N with tert-alkyl or cyclic N) is 1. The lowest BCUT2D eigenvalue weighted by Gasteiger charge is -2.44. The van der Waals surface area contributed by atoms with Crippen LogP contribution in [-0.2, 0) is 9.59 Å². The number of benzene rings is 3. The molecule has 20 heteroatoms. The van der Waals surface area contributed by atoms with Crippen molar-refractivity contribution in [2.45, 2.75) is 141 Å². The number of nitrogens with one attached hydrogen (secondary N) is 2. The van der Waals surface area contributed by atoms with Gasteiger partial charge in [0.15, 0.2) is 5.82 Å². The van der Waals surface area contributed by atoms with Crippen LogP contribution in [0.1, 0.15) is 102 Å². The number of nitrogens with zero attached hydrogens (tertiary/aromatic N) is 9. The minimum Gasteiger partial charge on any atom is -0.508 e. The van der Waals surface area contributed by atoms with E-state index in [4.69, 9.17) is 16.1 Å². The summed E-state index contributed by atoms with van der Waals surface area (Å²) in [6.07, 6.45) is 10.6. The van der Waals surface area contributed by atoms with Gasteiger partial charge < -0.3 is 40.5 Å². The van der Waals surface area contributed by atoms with Gasteiger partial charge >= 0.3 is 6.01 Å². The van der Waals surface area contributed by atoms with Gasteiger partial charge in [-0.15, -0.1) is 17.8 Å². The van der Waals surface area contributed by atoms with Crippen molar-refractivity contribution in [3.63, 3.8) is 0 Å². The summed E-state index contributed by atoms with van der Waals surface area (Å²) in [5.41, 5.74) is 3.78. The van der Waals surface area contributed by atoms with Gasteiger partial charge in [0.1, 0.15) is 47.5 Å². The van der Waals surface area contributed by atoms with E-state index in [0.29, 0.717) is 74.9 Å². The first-order chi connectivity index (χ1) is 38.9. The molecule has 8 heterocycles. The normalized spacial score (nSPS) is 24.9. The number of phenolic OH excluding ortho intramolecular Hbond substituents is 1. The number of anilines is 1. The fourth-order valence-corrected chi connectivity index (χ4v) is 14.2. The van der Waals surface area contributed by atoms with Crippen molar-refractivity contribution in [2.75, 3.05) is 44.2 Å². The number of rotatable bonds is 15. The van der Waals surface area contributed by atoms with Crippen LogP contribution in [0.2, 0.25) is 0 Å². The van der Waals surface area contributed by atoms with Crippen molar-refractivity contribution in [1.29, 1.82) is 5.26 Å². The number of fused-ring (bicyclic) bond motifs is 4. The number of thiazole rings is 1. The monoisotopic (exact) mass is 1120 g/mol. The summed E-state index contributed by atoms with van der Waals surface area (Å²) in [6, 6.07) is 13.6. The number of ether oxygens (including phenoxy) is 1. The topological polar surface area (TPSA) is 216 Å².